The molecule has 6 nitrogen and oxygen atoms in total. The molecule has 0 radical (unpaired) electrons. The Morgan fingerprint density at radius 1 is 1.37 bits per heavy atom. The predicted octanol–water partition coefficient (Wildman–Crippen LogP) is 2.36. The minimum absolute atomic E-state index is 0.00866. The summed E-state index contributed by atoms with van der Waals surface area (Å²) in [4.78, 5) is 29.9. The quantitative estimate of drug-likeness (QED) is 0.889. The van der Waals surface area contributed by atoms with Crippen LogP contribution in [0.4, 0.5) is 13.2 Å². The van der Waals surface area contributed by atoms with Crippen molar-refractivity contribution < 1.29 is 22.8 Å². The zero-order valence-electron chi connectivity index (χ0n) is 14.8. The number of piperazine rings is 1. The summed E-state index contributed by atoms with van der Waals surface area (Å²) < 4.78 is 42.3. The molecule has 0 bridgehead atoms. The molecule has 9 heteroatoms. The van der Waals surface area contributed by atoms with Gasteiger partial charge >= 0.3 is 6.18 Å². The van der Waals surface area contributed by atoms with Crippen molar-refractivity contribution in [1.82, 2.24) is 19.6 Å². The SMILES string of the molecule is CCc1c(C(=O)N2CCNC(=O)C2)nc2c(C(F)(F)F)cc(C3CC3)cn12. The molecule has 1 N–H and O–H groups in total. The highest BCUT2D eigenvalue weighted by Crippen LogP contribution is 2.43. The molecule has 1 saturated heterocycles. The van der Waals surface area contributed by atoms with Crippen molar-refractivity contribution in [3.63, 3.8) is 0 Å². The monoisotopic (exact) mass is 380 g/mol. The number of rotatable bonds is 3. The van der Waals surface area contributed by atoms with Gasteiger partial charge in [0.1, 0.15) is 5.65 Å². The number of alkyl halides is 3. The van der Waals surface area contributed by atoms with Crippen LogP contribution in [-0.2, 0) is 17.4 Å². The molecule has 1 aliphatic heterocycles. The number of nitrogens with zero attached hydrogens (tertiary/aromatic N) is 3. The van der Waals surface area contributed by atoms with Gasteiger partial charge in [-0.3, -0.25) is 9.59 Å². The van der Waals surface area contributed by atoms with E-state index in [9.17, 15) is 22.8 Å². The van der Waals surface area contributed by atoms with Crippen molar-refractivity contribution >= 4 is 17.5 Å². The van der Waals surface area contributed by atoms with Gasteiger partial charge in [0.05, 0.1) is 17.8 Å². The van der Waals surface area contributed by atoms with Gasteiger partial charge in [0, 0.05) is 19.3 Å². The molecule has 0 spiro atoms. The summed E-state index contributed by atoms with van der Waals surface area (Å²) in [5, 5.41) is 2.62. The fourth-order valence-electron chi connectivity index (χ4n) is 3.53. The molecule has 2 aromatic heterocycles. The summed E-state index contributed by atoms with van der Waals surface area (Å²) >= 11 is 0. The summed E-state index contributed by atoms with van der Waals surface area (Å²) in [5.74, 6) is -0.664. The summed E-state index contributed by atoms with van der Waals surface area (Å²) in [6.07, 6.45) is -0.795. The molecule has 2 fully saturated rings. The first-order valence-electron chi connectivity index (χ1n) is 8.97. The lowest BCUT2D eigenvalue weighted by Crippen LogP contribution is -2.50. The topological polar surface area (TPSA) is 66.7 Å². The highest BCUT2D eigenvalue weighted by molar-refractivity contribution is 5.97. The Morgan fingerprint density at radius 2 is 2.11 bits per heavy atom. The number of hydrogen-bond acceptors (Lipinski definition) is 3. The van der Waals surface area contributed by atoms with Crippen molar-refractivity contribution in [2.45, 2.75) is 38.3 Å². The van der Waals surface area contributed by atoms with E-state index in [0.29, 0.717) is 30.8 Å². The number of aromatic nitrogens is 2. The first-order chi connectivity index (χ1) is 12.8. The van der Waals surface area contributed by atoms with Crippen LogP contribution in [0.2, 0.25) is 0 Å². The Kier molecular flexibility index (Phi) is 4.12. The summed E-state index contributed by atoms with van der Waals surface area (Å²) in [5.41, 5.74) is -0.0245. The molecule has 1 saturated carbocycles. The molecule has 0 aromatic carbocycles. The second-order valence-electron chi connectivity index (χ2n) is 6.99. The maximum absolute atomic E-state index is 13.6. The molecule has 27 heavy (non-hydrogen) atoms. The van der Waals surface area contributed by atoms with Crippen molar-refractivity contribution in [2.75, 3.05) is 19.6 Å². The van der Waals surface area contributed by atoms with Crippen LogP contribution in [0.1, 0.15) is 53.0 Å². The van der Waals surface area contributed by atoms with Gasteiger partial charge in [0.25, 0.3) is 5.91 Å². The van der Waals surface area contributed by atoms with Crippen molar-refractivity contribution in [3.05, 3.63) is 34.8 Å². The number of amides is 2. The number of carbonyl (C=O) groups is 2. The Bertz CT molecular complexity index is 931. The fraction of sp³-hybridized carbons (Fsp3) is 0.500. The van der Waals surface area contributed by atoms with Gasteiger partial charge in [0.15, 0.2) is 5.69 Å². The van der Waals surface area contributed by atoms with Gasteiger partial charge in [-0.2, -0.15) is 13.2 Å². The van der Waals surface area contributed by atoms with Gasteiger partial charge in [-0.15, -0.1) is 0 Å². The average molecular weight is 380 g/mol. The largest absolute Gasteiger partial charge is 0.419 e. The van der Waals surface area contributed by atoms with Gasteiger partial charge in [-0.25, -0.2) is 4.98 Å². The summed E-state index contributed by atoms with van der Waals surface area (Å²) in [6.45, 7) is 2.29. The maximum atomic E-state index is 13.6. The van der Waals surface area contributed by atoms with Gasteiger partial charge in [-0.05, 0) is 36.8 Å². The third-order valence-corrected chi connectivity index (χ3v) is 5.06. The van der Waals surface area contributed by atoms with E-state index < -0.39 is 17.6 Å². The molecule has 2 amide bonds. The highest BCUT2D eigenvalue weighted by Gasteiger charge is 2.38. The Hall–Kier alpha value is -2.58. The molecule has 2 aliphatic rings. The van der Waals surface area contributed by atoms with Crippen LogP contribution in [0, 0.1) is 0 Å². The van der Waals surface area contributed by atoms with E-state index in [1.165, 1.54) is 9.30 Å². The molecule has 4 rings (SSSR count). The lowest BCUT2D eigenvalue weighted by atomic mass is 10.1. The zero-order valence-corrected chi connectivity index (χ0v) is 14.8. The smallest absolute Gasteiger partial charge is 0.353 e. The van der Waals surface area contributed by atoms with E-state index in [1.54, 1.807) is 13.1 Å². The van der Waals surface area contributed by atoms with Crippen molar-refractivity contribution in [1.29, 1.82) is 0 Å². The molecule has 1 aliphatic carbocycles. The van der Waals surface area contributed by atoms with E-state index in [1.807, 2.05) is 0 Å². The van der Waals surface area contributed by atoms with E-state index >= 15 is 0 Å². The van der Waals surface area contributed by atoms with Crippen LogP contribution in [-0.4, -0.2) is 45.7 Å². The van der Waals surface area contributed by atoms with Crippen LogP contribution in [0.5, 0.6) is 0 Å². The van der Waals surface area contributed by atoms with Crippen molar-refractivity contribution in [2.24, 2.45) is 0 Å². The van der Waals surface area contributed by atoms with Crippen LogP contribution < -0.4 is 5.32 Å². The molecule has 3 heterocycles. The van der Waals surface area contributed by atoms with Gasteiger partial charge < -0.3 is 14.6 Å². The van der Waals surface area contributed by atoms with Crippen LogP contribution in [0.15, 0.2) is 12.3 Å². The molecule has 144 valence electrons. The van der Waals surface area contributed by atoms with Gasteiger partial charge in [-0.1, -0.05) is 6.92 Å². The summed E-state index contributed by atoms with van der Waals surface area (Å²) in [7, 11) is 0. The van der Waals surface area contributed by atoms with Crippen LogP contribution in [0.3, 0.4) is 0 Å². The number of hydrogen-bond donors (Lipinski definition) is 1. The lowest BCUT2D eigenvalue weighted by molar-refractivity contribution is -0.136. The third-order valence-electron chi connectivity index (χ3n) is 5.06. The molecular weight excluding hydrogens is 361 g/mol. The number of halogens is 3. The molecule has 0 unspecified atom stereocenters. The number of fused-ring (bicyclic) bond motifs is 1. The Balaban J connectivity index is 1.86. The maximum Gasteiger partial charge on any atom is 0.419 e. The number of imidazole rings is 1. The lowest BCUT2D eigenvalue weighted by Gasteiger charge is -2.26. The molecule has 0 atom stereocenters. The van der Waals surface area contributed by atoms with E-state index in [4.69, 9.17) is 0 Å². The number of aryl methyl sites for hydroxylation is 1. The molecular formula is C18H19F3N4O2. The first kappa shape index (κ1) is 17.8. The van der Waals surface area contributed by atoms with Crippen molar-refractivity contribution in [3.8, 4) is 0 Å². The minimum atomic E-state index is -4.56. The third kappa shape index (κ3) is 3.15. The Morgan fingerprint density at radius 3 is 2.70 bits per heavy atom. The van der Waals surface area contributed by atoms with E-state index in [-0.39, 0.29) is 29.7 Å². The second-order valence-corrected chi connectivity index (χ2v) is 6.99. The number of nitrogens with one attached hydrogen (secondary N) is 1. The van der Waals surface area contributed by atoms with Gasteiger partial charge in [0.2, 0.25) is 5.91 Å². The number of carbonyl (C=O) groups excluding carboxylic acids is 2. The van der Waals surface area contributed by atoms with Crippen LogP contribution >= 0.6 is 0 Å². The van der Waals surface area contributed by atoms with E-state index in [2.05, 4.69) is 10.3 Å². The fourth-order valence-corrected chi connectivity index (χ4v) is 3.53. The second kappa shape index (κ2) is 6.24. The zero-order chi connectivity index (χ0) is 19.3. The number of pyridine rings is 1. The average Bonchev–Trinajstić information content (AvgIpc) is 3.40. The minimum Gasteiger partial charge on any atom is -0.353 e. The van der Waals surface area contributed by atoms with E-state index in [0.717, 1.165) is 18.9 Å². The first-order valence-corrected chi connectivity index (χ1v) is 8.97. The summed E-state index contributed by atoms with van der Waals surface area (Å²) in [6, 6.07) is 1.15. The normalized spacial score (nSPS) is 18.1. The standard InChI is InChI=1S/C18H19F3N4O2/c1-2-13-15(17(27)24-6-5-22-14(26)9-24)23-16-12(18(19,20)21)7-11(8-25(13)16)10-3-4-10/h7-8,10H,2-6,9H2,1H3,(H,22,26). The Labute approximate surface area is 153 Å². The predicted molar refractivity (Wildman–Crippen MR) is 90.5 cm³/mol. The highest BCUT2D eigenvalue weighted by atomic mass is 19.4. The molecule has 2 aromatic rings. The van der Waals surface area contributed by atoms with Crippen LogP contribution in [0.25, 0.3) is 5.65 Å².